The first kappa shape index (κ1) is 15.3. The molecule has 1 aliphatic heterocycles. The van der Waals surface area contributed by atoms with Crippen molar-refractivity contribution in [1.29, 1.82) is 0 Å². The molecule has 0 aromatic heterocycles. The Kier molecular flexibility index (Phi) is 4.99. The summed E-state index contributed by atoms with van der Waals surface area (Å²) in [6.07, 6.45) is 4.70. The van der Waals surface area contributed by atoms with Crippen molar-refractivity contribution < 1.29 is 19.4 Å². The van der Waals surface area contributed by atoms with E-state index in [1.54, 1.807) is 0 Å². The first-order chi connectivity index (χ1) is 9.53. The molecule has 1 aliphatic carbocycles. The second-order valence-corrected chi connectivity index (χ2v) is 5.84. The fourth-order valence-corrected chi connectivity index (χ4v) is 3.33. The molecule has 0 aromatic carbocycles. The summed E-state index contributed by atoms with van der Waals surface area (Å²) in [5.74, 6) is -1.15. The normalized spacial score (nSPS) is 24.2. The van der Waals surface area contributed by atoms with Crippen LogP contribution < -0.4 is 5.32 Å². The minimum absolute atomic E-state index is 0.0912. The molecular formula is C14H24N2O4. The smallest absolute Gasteiger partial charge is 0.325 e. The van der Waals surface area contributed by atoms with E-state index < -0.39 is 12.0 Å². The lowest BCUT2D eigenvalue weighted by Gasteiger charge is -2.43. The largest absolute Gasteiger partial charge is 0.480 e. The van der Waals surface area contributed by atoms with Crippen molar-refractivity contribution in [3.63, 3.8) is 0 Å². The second kappa shape index (κ2) is 6.54. The summed E-state index contributed by atoms with van der Waals surface area (Å²) >= 11 is 0. The van der Waals surface area contributed by atoms with Gasteiger partial charge in [0.1, 0.15) is 6.04 Å². The second-order valence-electron chi connectivity index (χ2n) is 5.84. The average molecular weight is 284 g/mol. The molecule has 0 radical (unpaired) electrons. The Hall–Kier alpha value is -1.14. The van der Waals surface area contributed by atoms with E-state index in [0.29, 0.717) is 6.42 Å². The van der Waals surface area contributed by atoms with Gasteiger partial charge in [-0.05, 0) is 19.8 Å². The maximum absolute atomic E-state index is 12.1. The van der Waals surface area contributed by atoms with Crippen molar-refractivity contribution in [1.82, 2.24) is 10.2 Å². The van der Waals surface area contributed by atoms with Gasteiger partial charge in [0.25, 0.3) is 0 Å². The Morgan fingerprint density at radius 3 is 2.45 bits per heavy atom. The van der Waals surface area contributed by atoms with Gasteiger partial charge >= 0.3 is 5.97 Å². The third kappa shape index (κ3) is 3.49. The van der Waals surface area contributed by atoms with E-state index in [0.717, 1.165) is 52.0 Å². The number of aliphatic carboxylic acids is 1. The van der Waals surface area contributed by atoms with Gasteiger partial charge in [-0.25, -0.2) is 0 Å². The predicted molar refractivity (Wildman–Crippen MR) is 73.4 cm³/mol. The molecule has 0 spiro atoms. The minimum atomic E-state index is -0.995. The zero-order valence-corrected chi connectivity index (χ0v) is 12.1. The number of rotatable bonds is 5. The van der Waals surface area contributed by atoms with E-state index in [1.165, 1.54) is 6.92 Å². The van der Waals surface area contributed by atoms with E-state index in [2.05, 4.69) is 10.2 Å². The molecule has 6 heteroatoms. The highest BCUT2D eigenvalue weighted by atomic mass is 16.5. The number of nitrogens with zero attached hydrogens (tertiary/aromatic N) is 1. The lowest BCUT2D eigenvalue weighted by molar-refractivity contribution is -0.141. The van der Waals surface area contributed by atoms with Crippen LogP contribution in [0.1, 0.15) is 39.0 Å². The molecular weight excluding hydrogens is 260 g/mol. The number of amides is 1. The van der Waals surface area contributed by atoms with Crippen LogP contribution in [0.5, 0.6) is 0 Å². The lowest BCUT2D eigenvalue weighted by atomic mass is 9.90. The maximum atomic E-state index is 12.1. The first-order valence-electron chi connectivity index (χ1n) is 7.38. The Balaban J connectivity index is 1.98. The van der Waals surface area contributed by atoms with Crippen LogP contribution in [0.3, 0.4) is 0 Å². The zero-order valence-electron chi connectivity index (χ0n) is 12.1. The van der Waals surface area contributed by atoms with Crippen LogP contribution in [0, 0.1) is 0 Å². The number of hydrogen-bond acceptors (Lipinski definition) is 4. The van der Waals surface area contributed by atoms with Crippen molar-refractivity contribution in [3.8, 4) is 0 Å². The van der Waals surface area contributed by atoms with Crippen LogP contribution in [0.15, 0.2) is 0 Å². The van der Waals surface area contributed by atoms with E-state index in [-0.39, 0.29) is 11.4 Å². The summed E-state index contributed by atoms with van der Waals surface area (Å²) in [6, 6.07) is -0.828. The fraction of sp³-hybridized carbons (Fsp3) is 0.857. The molecule has 0 bridgehead atoms. The molecule has 114 valence electrons. The highest BCUT2D eigenvalue weighted by Crippen LogP contribution is 2.38. The van der Waals surface area contributed by atoms with Crippen molar-refractivity contribution in [2.45, 2.75) is 50.6 Å². The Labute approximate surface area is 119 Å². The number of hydrogen-bond donors (Lipinski definition) is 2. The van der Waals surface area contributed by atoms with Crippen LogP contribution in [0.2, 0.25) is 0 Å². The van der Waals surface area contributed by atoms with Crippen LogP contribution >= 0.6 is 0 Å². The van der Waals surface area contributed by atoms with Crippen molar-refractivity contribution >= 4 is 11.9 Å². The highest BCUT2D eigenvalue weighted by molar-refractivity contribution is 5.83. The van der Waals surface area contributed by atoms with Gasteiger partial charge in [-0.1, -0.05) is 12.8 Å². The number of carboxylic acids is 1. The molecule has 1 saturated carbocycles. The quantitative estimate of drug-likeness (QED) is 0.773. The van der Waals surface area contributed by atoms with Crippen molar-refractivity contribution in [3.05, 3.63) is 0 Å². The lowest BCUT2D eigenvalue weighted by Crippen LogP contribution is -2.54. The summed E-state index contributed by atoms with van der Waals surface area (Å²) in [5, 5.41) is 11.4. The molecule has 0 aromatic rings. The standard InChI is InChI=1S/C14H24N2O4/c1-11(13(18)19)15-12(17)10-14(4-2-3-5-14)16-6-8-20-9-7-16/h11H,2-10H2,1H3,(H,15,17)(H,18,19)/t11-/m0/s1. The third-order valence-corrected chi connectivity index (χ3v) is 4.45. The first-order valence-corrected chi connectivity index (χ1v) is 7.38. The number of ether oxygens (including phenoxy) is 1. The molecule has 1 atom stereocenters. The minimum Gasteiger partial charge on any atom is -0.480 e. The molecule has 1 heterocycles. The van der Waals surface area contributed by atoms with Gasteiger partial charge in [-0.15, -0.1) is 0 Å². The van der Waals surface area contributed by atoms with Crippen LogP contribution in [0.25, 0.3) is 0 Å². The number of carboxylic acid groups (broad SMARTS) is 1. The fourth-order valence-electron chi connectivity index (χ4n) is 3.33. The van der Waals surface area contributed by atoms with Gasteiger partial charge in [0, 0.05) is 25.0 Å². The van der Waals surface area contributed by atoms with Crippen molar-refractivity contribution in [2.75, 3.05) is 26.3 Å². The molecule has 1 saturated heterocycles. The number of carbonyl (C=O) groups is 2. The molecule has 2 fully saturated rings. The molecule has 0 unspecified atom stereocenters. The average Bonchev–Trinajstić information content (AvgIpc) is 2.89. The molecule has 2 aliphatic rings. The summed E-state index contributed by atoms with van der Waals surface area (Å²) < 4.78 is 5.39. The van der Waals surface area contributed by atoms with Crippen molar-refractivity contribution in [2.24, 2.45) is 0 Å². The molecule has 1 amide bonds. The van der Waals surface area contributed by atoms with Gasteiger partial charge in [-0.3, -0.25) is 14.5 Å². The van der Waals surface area contributed by atoms with Crippen LogP contribution in [-0.4, -0.2) is 59.8 Å². The number of morpholine rings is 1. The summed E-state index contributed by atoms with van der Waals surface area (Å²) in [6.45, 7) is 4.66. The summed E-state index contributed by atoms with van der Waals surface area (Å²) in [4.78, 5) is 25.3. The van der Waals surface area contributed by atoms with Gasteiger partial charge in [0.2, 0.25) is 5.91 Å². The van der Waals surface area contributed by atoms with Gasteiger partial charge in [0.15, 0.2) is 0 Å². The molecule has 2 N–H and O–H groups in total. The Morgan fingerprint density at radius 2 is 1.90 bits per heavy atom. The van der Waals surface area contributed by atoms with E-state index >= 15 is 0 Å². The molecule has 20 heavy (non-hydrogen) atoms. The highest BCUT2D eigenvalue weighted by Gasteiger charge is 2.41. The van der Waals surface area contributed by atoms with Gasteiger partial charge < -0.3 is 15.2 Å². The van der Waals surface area contributed by atoms with E-state index in [4.69, 9.17) is 9.84 Å². The third-order valence-electron chi connectivity index (χ3n) is 4.45. The van der Waals surface area contributed by atoms with Crippen LogP contribution in [0.4, 0.5) is 0 Å². The summed E-state index contributed by atoms with van der Waals surface area (Å²) in [5.41, 5.74) is -0.0912. The van der Waals surface area contributed by atoms with E-state index in [1.807, 2.05) is 0 Å². The zero-order chi connectivity index (χ0) is 14.6. The van der Waals surface area contributed by atoms with Gasteiger partial charge in [0.05, 0.1) is 13.2 Å². The van der Waals surface area contributed by atoms with E-state index in [9.17, 15) is 9.59 Å². The topological polar surface area (TPSA) is 78.9 Å². The SMILES string of the molecule is C[C@H](NC(=O)CC1(N2CCOCC2)CCCC1)C(=O)O. The molecule has 6 nitrogen and oxygen atoms in total. The Bertz CT molecular complexity index is 360. The molecule has 2 rings (SSSR count). The van der Waals surface area contributed by atoms with Crippen LogP contribution in [-0.2, 0) is 14.3 Å². The number of carbonyl (C=O) groups excluding carboxylic acids is 1. The maximum Gasteiger partial charge on any atom is 0.325 e. The summed E-state index contributed by atoms with van der Waals surface area (Å²) in [7, 11) is 0. The Morgan fingerprint density at radius 1 is 1.30 bits per heavy atom. The monoisotopic (exact) mass is 284 g/mol. The predicted octanol–water partition coefficient (Wildman–Crippen LogP) is 0.611. The van der Waals surface area contributed by atoms with Gasteiger partial charge in [-0.2, -0.15) is 0 Å². The number of nitrogens with one attached hydrogen (secondary N) is 1.